The number of hydrogen-bond donors (Lipinski definition) is 0. The largest absolute Gasteiger partial charge is 0.0625 e. The minimum absolute atomic E-state index is 0.735. The van der Waals surface area contributed by atoms with Gasteiger partial charge in [-0.15, -0.1) is 0 Å². The zero-order valence-electron chi connectivity index (χ0n) is 27.3. The van der Waals surface area contributed by atoms with Crippen LogP contribution in [0.25, 0.3) is 0 Å². The van der Waals surface area contributed by atoms with E-state index in [2.05, 4.69) is 13.8 Å². The molecule has 0 nitrogen and oxygen atoms in total. The van der Waals surface area contributed by atoms with E-state index in [4.69, 9.17) is 0 Å². The first-order chi connectivity index (χ1) is 20.1. The molecule has 0 aliphatic heterocycles. The van der Waals surface area contributed by atoms with Crippen molar-refractivity contribution >= 4 is 0 Å². The Labute approximate surface area is 254 Å². The van der Waals surface area contributed by atoms with Crippen LogP contribution >= 0.6 is 0 Å². The highest BCUT2D eigenvalue weighted by Gasteiger charge is 2.72. The van der Waals surface area contributed by atoms with E-state index < -0.39 is 0 Å². The van der Waals surface area contributed by atoms with E-state index in [0.717, 1.165) is 94.2 Å². The molecule has 0 heteroatoms. The summed E-state index contributed by atoms with van der Waals surface area (Å²) in [4.78, 5) is 0. The topological polar surface area (TPSA) is 0 Å². The van der Waals surface area contributed by atoms with Crippen LogP contribution in [0.3, 0.4) is 0 Å². The highest BCUT2D eigenvalue weighted by molar-refractivity contribution is 5.20. The third kappa shape index (κ3) is 4.01. The van der Waals surface area contributed by atoms with Crippen LogP contribution in [-0.4, -0.2) is 0 Å². The van der Waals surface area contributed by atoms with Crippen molar-refractivity contribution < 1.29 is 0 Å². The Morgan fingerprint density at radius 1 is 0.415 bits per heavy atom. The van der Waals surface area contributed by atoms with Crippen LogP contribution in [0.15, 0.2) is 0 Å². The van der Waals surface area contributed by atoms with E-state index in [0.29, 0.717) is 0 Å². The molecule has 0 saturated heterocycles. The van der Waals surface area contributed by atoms with E-state index in [-0.39, 0.29) is 0 Å². The standard InChI is InChI=1S/C41H66/c1-25-22-26(2)39(29-12-4-3-5-13-29)41(24-25)35-21-19-31-23-30-17-16-27-10-6-8-14-32(27)36(30)37(31)38(35)34-20-18-28-11-7-9-15-33(28)40(34)41/h25-40H,3-24H2,1-2H3. The molecular formula is C41H66. The SMILES string of the molecule is CC1CC(C)C(C2CCCCC2)C2(C1)C1CCC3CC4CCC5CCCCC5C4C3C1C1CCC3CCCCC3C12. The fraction of sp³-hybridized carbons (Fsp3) is 1.00. The van der Waals surface area contributed by atoms with Crippen molar-refractivity contribution in [3.8, 4) is 0 Å². The lowest BCUT2D eigenvalue weighted by Crippen LogP contribution is -2.55. The van der Waals surface area contributed by atoms with Crippen molar-refractivity contribution in [1.29, 1.82) is 0 Å². The molecule has 230 valence electrons. The lowest BCUT2D eigenvalue weighted by molar-refractivity contribution is -0.130. The summed E-state index contributed by atoms with van der Waals surface area (Å²) < 4.78 is 0. The first-order valence-corrected chi connectivity index (χ1v) is 20.1. The quantitative estimate of drug-likeness (QED) is 0.300. The fourth-order valence-electron chi connectivity index (χ4n) is 17.5. The molecule has 1 spiro atoms. The predicted molar refractivity (Wildman–Crippen MR) is 171 cm³/mol. The van der Waals surface area contributed by atoms with Gasteiger partial charge < -0.3 is 0 Å². The van der Waals surface area contributed by atoms with Gasteiger partial charge in [0, 0.05) is 0 Å². The summed E-state index contributed by atoms with van der Waals surface area (Å²) in [7, 11) is 0. The molecule has 9 aliphatic rings. The normalized spacial score (nSPS) is 58.5. The number of rotatable bonds is 1. The molecule has 0 N–H and O–H groups in total. The highest BCUT2D eigenvalue weighted by atomic mass is 14.8. The molecule has 0 aromatic carbocycles. The lowest BCUT2D eigenvalue weighted by atomic mass is 9.43. The Morgan fingerprint density at radius 2 is 1.02 bits per heavy atom. The fourth-order valence-corrected chi connectivity index (χ4v) is 17.5. The minimum Gasteiger partial charge on any atom is -0.0625 e. The van der Waals surface area contributed by atoms with Gasteiger partial charge in [-0.25, -0.2) is 0 Å². The van der Waals surface area contributed by atoms with Crippen LogP contribution in [0.1, 0.15) is 155 Å². The average molecular weight is 559 g/mol. The van der Waals surface area contributed by atoms with Crippen LogP contribution in [-0.2, 0) is 0 Å². The summed E-state index contributed by atoms with van der Waals surface area (Å²) in [6.07, 6.45) is 35.5. The van der Waals surface area contributed by atoms with Crippen LogP contribution in [0.2, 0.25) is 0 Å². The summed E-state index contributed by atoms with van der Waals surface area (Å²) in [6, 6.07) is 0. The van der Waals surface area contributed by atoms with Gasteiger partial charge in [0.1, 0.15) is 0 Å². The Morgan fingerprint density at radius 3 is 1.85 bits per heavy atom. The molecule has 0 radical (unpaired) electrons. The Bertz CT molecular complexity index is 944. The smallest absolute Gasteiger partial charge is 0.0197 e. The molecule has 41 heavy (non-hydrogen) atoms. The van der Waals surface area contributed by atoms with Crippen LogP contribution in [0.5, 0.6) is 0 Å². The summed E-state index contributed by atoms with van der Waals surface area (Å²) >= 11 is 0. The summed E-state index contributed by atoms with van der Waals surface area (Å²) in [5.74, 6) is 17.8. The van der Waals surface area contributed by atoms with Crippen molar-refractivity contribution in [3.63, 3.8) is 0 Å². The first-order valence-electron chi connectivity index (χ1n) is 20.1. The zero-order valence-corrected chi connectivity index (χ0v) is 27.3. The van der Waals surface area contributed by atoms with Crippen molar-refractivity contribution in [2.45, 2.75) is 155 Å². The van der Waals surface area contributed by atoms with Crippen molar-refractivity contribution in [3.05, 3.63) is 0 Å². The van der Waals surface area contributed by atoms with Gasteiger partial charge in [0.2, 0.25) is 0 Å². The molecule has 9 fully saturated rings. The maximum atomic E-state index is 2.81. The molecule has 9 aliphatic carbocycles. The molecule has 16 atom stereocenters. The van der Waals surface area contributed by atoms with Gasteiger partial charge in [0.15, 0.2) is 0 Å². The molecule has 0 aromatic heterocycles. The first kappa shape index (κ1) is 27.3. The van der Waals surface area contributed by atoms with Crippen molar-refractivity contribution in [1.82, 2.24) is 0 Å². The lowest BCUT2D eigenvalue weighted by Gasteiger charge is -2.61. The van der Waals surface area contributed by atoms with Crippen molar-refractivity contribution in [2.75, 3.05) is 0 Å². The van der Waals surface area contributed by atoms with Gasteiger partial charge >= 0.3 is 0 Å². The number of fused-ring (bicyclic) bond motifs is 13. The van der Waals surface area contributed by atoms with E-state index in [1.54, 1.807) is 141 Å². The molecule has 0 bridgehead atoms. The summed E-state index contributed by atoms with van der Waals surface area (Å²) in [6.45, 7) is 5.55. The van der Waals surface area contributed by atoms with Crippen molar-refractivity contribution in [2.24, 2.45) is 100 Å². The summed E-state index contributed by atoms with van der Waals surface area (Å²) in [5.41, 5.74) is 0.735. The Hall–Kier alpha value is 0. The average Bonchev–Trinajstić information content (AvgIpc) is 3.51. The van der Waals surface area contributed by atoms with Gasteiger partial charge in [-0.3, -0.25) is 0 Å². The van der Waals surface area contributed by atoms with Gasteiger partial charge in [-0.1, -0.05) is 84.5 Å². The second kappa shape index (κ2) is 10.5. The van der Waals surface area contributed by atoms with E-state index in [9.17, 15) is 0 Å². The number of hydrogen-bond acceptors (Lipinski definition) is 0. The van der Waals surface area contributed by atoms with Gasteiger partial charge in [0.25, 0.3) is 0 Å². The van der Waals surface area contributed by atoms with Crippen LogP contribution in [0, 0.1) is 100 Å². The monoisotopic (exact) mass is 559 g/mol. The minimum atomic E-state index is 0.735. The maximum absolute atomic E-state index is 2.81. The molecule has 0 heterocycles. The Balaban J connectivity index is 1.18. The van der Waals surface area contributed by atoms with Crippen LogP contribution in [0.4, 0.5) is 0 Å². The third-order valence-corrected chi connectivity index (χ3v) is 17.7. The second-order valence-electron chi connectivity index (χ2n) is 19.0. The Kier molecular flexibility index (Phi) is 7.02. The zero-order chi connectivity index (χ0) is 27.3. The van der Waals surface area contributed by atoms with E-state index >= 15 is 0 Å². The maximum Gasteiger partial charge on any atom is -0.0197 e. The predicted octanol–water partition coefficient (Wildman–Crippen LogP) is 11.6. The van der Waals surface area contributed by atoms with E-state index in [1.165, 1.54) is 5.92 Å². The molecule has 0 amide bonds. The van der Waals surface area contributed by atoms with E-state index in [1.807, 2.05) is 0 Å². The third-order valence-electron chi connectivity index (χ3n) is 17.7. The highest BCUT2D eigenvalue weighted by Crippen LogP contribution is 2.78. The summed E-state index contributed by atoms with van der Waals surface area (Å²) in [5, 5.41) is 0. The van der Waals surface area contributed by atoms with Gasteiger partial charge in [-0.2, -0.15) is 0 Å². The molecule has 9 rings (SSSR count). The molecule has 9 saturated carbocycles. The molecule has 0 aromatic rings. The molecule has 16 unspecified atom stereocenters. The van der Waals surface area contributed by atoms with Gasteiger partial charge in [0.05, 0.1) is 0 Å². The van der Waals surface area contributed by atoms with Crippen LogP contribution < -0.4 is 0 Å². The second-order valence-corrected chi connectivity index (χ2v) is 19.0. The van der Waals surface area contributed by atoms with Gasteiger partial charge in [-0.05, 0) is 171 Å². The molecular weight excluding hydrogens is 492 g/mol.